The van der Waals surface area contributed by atoms with Crippen LogP contribution in [0.5, 0.6) is 0 Å². The first kappa shape index (κ1) is 17.0. The van der Waals surface area contributed by atoms with Crippen molar-refractivity contribution in [3.63, 3.8) is 0 Å². The Morgan fingerprint density at radius 3 is 2.39 bits per heavy atom. The molecule has 1 amide bonds. The van der Waals surface area contributed by atoms with E-state index >= 15 is 0 Å². The van der Waals surface area contributed by atoms with Crippen LogP contribution in [0.15, 0.2) is 29.4 Å². The van der Waals surface area contributed by atoms with Crippen molar-refractivity contribution in [3.05, 3.63) is 46.8 Å². The largest absolute Gasteiger partial charge is 0.478 e. The van der Waals surface area contributed by atoms with Gasteiger partial charge in [-0.1, -0.05) is 17.8 Å². The van der Waals surface area contributed by atoms with Crippen molar-refractivity contribution in [1.82, 2.24) is 9.97 Å². The van der Waals surface area contributed by atoms with E-state index in [4.69, 9.17) is 5.11 Å². The summed E-state index contributed by atoms with van der Waals surface area (Å²) < 4.78 is 0. The quantitative estimate of drug-likeness (QED) is 0.646. The number of aryl methyl sites for hydroxylation is 3. The third-order valence-corrected chi connectivity index (χ3v) is 3.89. The summed E-state index contributed by atoms with van der Waals surface area (Å²) in [5, 5.41) is 12.3. The average Bonchev–Trinajstić information content (AvgIpc) is 2.46. The number of carbonyl (C=O) groups is 2. The van der Waals surface area contributed by atoms with Crippen LogP contribution in [0.25, 0.3) is 0 Å². The van der Waals surface area contributed by atoms with Crippen LogP contribution in [-0.2, 0) is 4.79 Å². The van der Waals surface area contributed by atoms with Gasteiger partial charge >= 0.3 is 5.97 Å². The number of thioether (sulfide) groups is 1. The van der Waals surface area contributed by atoms with Gasteiger partial charge < -0.3 is 10.4 Å². The van der Waals surface area contributed by atoms with E-state index in [1.165, 1.54) is 17.8 Å². The molecule has 120 valence electrons. The first-order chi connectivity index (χ1) is 10.8. The first-order valence-electron chi connectivity index (χ1n) is 6.94. The van der Waals surface area contributed by atoms with Crippen molar-refractivity contribution < 1.29 is 14.7 Å². The Bertz CT molecular complexity index is 742. The average molecular weight is 331 g/mol. The lowest BCUT2D eigenvalue weighted by Crippen LogP contribution is -2.15. The molecule has 0 bridgehead atoms. The fourth-order valence-electron chi connectivity index (χ4n) is 2.02. The highest BCUT2D eigenvalue weighted by molar-refractivity contribution is 7.99. The van der Waals surface area contributed by atoms with Gasteiger partial charge in [-0.3, -0.25) is 4.79 Å². The number of nitrogens with zero attached hydrogens (tertiary/aromatic N) is 2. The molecule has 0 unspecified atom stereocenters. The Morgan fingerprint density at radius 2 is 1.78 bits per heavy atom. The summed E-state index contributed by atoms with van der Waals surface area (Å²) >= 11 is 1.24. The minimum Gasteiger partial charge on any atom is -0.478 e. The molecule has 0 radical (unpaired) electrons. The SMILES string of the molecule is Cc1cc(C)nc(SCC(=O)Nc2ccc(C)c(C(=O)O)c2)n1. The van der Waals surface area contributed by atoms with Crippen LogP contribution in [0.3, 0.4) is 0 Å². The summed E-state index contributed by atoms with van der Waals surface area (Å²) in [5.41, 5.74) is 2.98. The molecule has 2 aromatic rings. The molecule has 0 fully saturated rings. The van der Waals surface area contributed by atoms with Gasteiger partial charge in [0.05, 0.1) is 11.3 Å². The lowest BCUT2D eigenvalue weighted by Gasteiger charge is -2.08. The smallest absolute Gasteiger partial charge is 0.336 e. The molecule has 0 spiro atoms. The summed E-state index contributed by atoms with van der Waals surface area (Å²) in [6.45, 7) is 5.46. The monoisotopic (exact) mass is 331 g/mol. The van der Waals surface area contributed by atoms with E-state index in [1.807, 2.05) is 19.9 Å². The molecular weight excluding hydrogens is 314 g/mol. The lowest BCUT2D eigenvalue weighted by molar-refractivity contribution is -0.113. The zero-order valence-electron chi connectivity index (χ0n) is 13.1. The van der Waals surface area contributed by atoms with Gasteiger partial charge in [0, 0.05) is 17.1 Å². The lowest BCUT2D eigenvalue weighted by atomic mass is 10.1. The minimum atomic E-state index is -1.02. The Kier molecular flexibility index (Phi) is 5.33. The maximum atomic E-state index is 12.0. The molecule has 0 saturated carbocycles. The van der Waals surface area contributed by atoms with Gasteiger partial charge in [-0.25, -0.2) is 14.8 Å². The molecule has 1 aromatic heterocycles. The molecule has 23 heavy (non-hydrogen) atoms. The Morgan fingerprint density at radius 1 is 1.13 bits per heavy atom. The molecule has 6 nitrogen and oxygen atoms in total. The van der Waals surface area contributed by atoms with Crippen LogP contribution in [0.4, 0.5) is 5.69 Å². The van der Waals surface area contributed by atoms with E-state index in [1.54, 1.807) is 19.1 Å². The summed E-state index contributed by atoms with van der Waals surface area (Å²) in [6, 6.07) is 6.66. The van der Waals surface area contributed by atoms with Crippen LogP contribution in [0.2, 0.25) is 0 Å². The second kappa shape index (κ2) is 7.23. The number of hydrogen-bond acceptors (Lipinski definition) is 5. The molecule has 2 N–H and O–H groups in total. The van der Waals surface area contributed by atoms with Crippen molar-refractivity contribution in [1.29, 1.82) is 0 Å². The van der Waals surface area contributed by atoms with E-state index in [2.05, 4.69) is 15.3 Å². The van der Waals surface area contributed by atoms with Crippen molar-refractivity contribution in [2.24, 2.45) is 0 Å². The van der Waals surface area contributed by atoms with E-state index in [-0.39, 0.29) is 17.2 Å². The van der Waals surface area contributed by atoms with Gasteiger partial charge in [0.2, 0.25) is 5.91 Å². The Hall–Kier alpha value is -2.41. The molecule has 1 heterocycles. The van der Waals surface area contributed by atoms with Gasteiger partial charge in [0.25, 0.3) is 0 Å². The van der Waals surface area contributed by atoms with Gasteiger partial charge in [-0.15, -0.1) is 0 Å². The van der Waals surface area contributed by atoms with E-state index < -0.39 is 5.97 Å². The summed E-state index contributed by atoms with van der Waals surface area (Å²) in [7, 11) is 0. The fraction of sp³-hybridized carbons (Fsp3) is 0.250. The Balaban J connectivity index is 1.99. The second-order valence-electron chi connectivity index (χ2n) is 5.10. The third kappa shape index (κ3) is 4.79. The number of nitrogens with one attached hydrogen (secondary N) is 1. The number of amides is 1. The second-order valence-corrected chi connectivity index (χ2v) is 6.05. The molecule has 0 aliphatic heterocycles. The molecule has 0 aliphatic rings. The normalized spacial score (nSPS) is 10.4. The van der Waals surface area contributed by atoms with Gasteiger partial charge in [-0.05, 0) is 44.5 Å². The first-order valence-corrected chi connectivity index (χ1v) is 7.92. The van der Waals surface area contributed by atoms with Crippen LogP contribution >= 0.6 is 11.8 Å². The standard InChI is InChI=1S/C16H17N3O3S/c1-9-4-5-12(7-13(9)15(21)22)19-14(20)8-23-16-17-10(2)6-11(3)18-16/h4-7H,8H2,1-3H3,(H,19,20)(H,21,22). The van der Waals surface area contributed by atoms with E-state index in [9.17, 15) is 9.59 Å². The highest BCUT2D eigenvalue weighted by Gasteiger charge is 2.10. The van der Waals surface area contributed by atoms with Crippen LogP contribution < -0.4 is 5.32 Å². The summed E-state index contributed by atoms with van der Waals surface area (Å²) in [6.07, 6.45) is 0. The highest BCUT2D eigenvalue weighted by atomic mass is 32.2. The fourth-order valence-corrected chi connectivity index (χ4v) is 2.76. The number of carboxylic acid groups (broad SMARTS) is 1. The zero-order chi connectivity index (χ0) is 17.0. The maximum absolute atomic E-state index is 12.0. The highest BCUT2D eigenvalue weighted by Crippen LogP contribution is 2.17. The Labute approximate surface area is 138 Å². The van der Waals surface area contributed by atoms with Gasteiger partial charge in [0.15, 0.2) is 5.16 Å². The number of carboxylic acids is 1. The summed E-state index contributed by atoms with van der Waals surface area (Å²) in [4.78, 5) is 31.6. The molecule has 1 aromatic carbocycles. The summed E-state index contributed by atoms with van der Waals surface area (Å²) in [5.74, 6) is -1.10. The van der Waals surface area contributed by atoms with Gasteiger partial charge in [0.1, 0.15) is 0 Å². The van der Waals surface area contributed by atoms with Crippen molar-refractivity contribution in [3.8, 4) is 0 Å². The predicted octanol–water partition coefficient (Wildman–Crippen LogP) is 2.83. The molecular formula is C16H17N3O3S. The maximum Gasteiger partial charge on any atom is 0.336 e. The number of aromatic carboxylic acids is 1. The molecule has 2 rings (SSSR count). The number of benzene rings is 1. The van der Waals surface area contributed by atoms with Gasteiger partial charge in [-0.2, -0.15) is 0 Å². The molecule has 0 atom stereocenters. The zero-order valence-corrected chi connectivity index (χ0v) is 13.9. The number of rotatable bonds is 5. The number of anilines is 1. The van der Waals surface area contributed by atoms with E-state index in [0.29, 0.717) is 16.4 Å². The topological polar surface area (TPSA) is 92.2 Å². The number of carbonyl (C=O) groups excluding carboxylic acids is 1. The molecule has 0 aliphatic carbocycles. The minimum absolute atomic E-state index is 0.152. The molecule has 0 saturated heterocycles. The van der Waals surface area contributed by atoms with Crippen LogP contribution in [0.1, 0.15) is 27.3 Å². The van der Waals surface area contributed by atoms with Crippen molar-refractivity contribution >= 4 is 29.3 Å². The third-order valence-electron chi connectivity index (χ3n) is 3.05. The predicted molar refractivity (Wildman–Crippen MR) is 89.0 cm³/mol. The molecule has 7 heteroatoms. The number of hydrogen-bond donors (Lipinski definition) is 2. The van der Waals surface area contributed by atoms with Crippen molar-refractivity contribution in [2.45, 2.75) is 25.9 Å². The number of aromatic nitrogens is 2. The van der Waals surface area contributed by atoms with E-state index in [0.717, 1.165) is 11.4 Å². The van der Waals surface area contributed by atoms with Crippen LogP contribution in [0, 0.1) is 20.8 Å². The van der Waals surface area contributed by atoms with Crippen molar-refractivity contribution in [2.75, 3.05) is 11.1 Å². The van der Waals surface area contributed by atoms with Crippen LogP contribution in [-0.4, -0.2) is 32.7 Å².